The zero-order valence-electron chi connectivity index (χ0n) is 17.4. The van der Waals surface area contributed by atoms with Gasteiger partial charge >= 0.3 is 5.95 Å². The lowest BCUT2D eigenvalue weighted by molar-refractivity contribution is 0.482. The fourth-order valence-electron chi connectivity index (χ4n) is 2.67. The molecule has 0 radical (unpaired) electrons. The molecule has 0 saturated heterocycles. The van der Waals surface area contributed by atoms with Gasteiger partial charge in [0.2, 0.25) is 0 Å². The highest BCUT2D eigenvalue weighted by atomic mass is 35.5. The Hall–Kier alpha value is -3.34. The van der Waals surface area contributed by atoms with E-state index in [0.717, 1.165) is 0 Å². The monoisotopic (exact) mass is 527 g/mol. The summed E-state index contributed by atoms with van der Waals surface area (Å²) in [4.78, 5) is 11.8. The highest BCUT2D eigenvalue weighted by Gasteiger charge is 2.21. The molecule has 1 aromatic carbocycles. The third-order valence-electron chi connectivity index (χ3n) is 4.21. The number of rotatable bonds is 11. The van der Waals surface area contributed by atoms with E-state index >= 15 is 0 Å². The van der Waals surface area contributed by atoms with E-state index in [0.29, 0.717) is 5.69 Å². The Morgan fingerprint density at radius 1 is 1.12 bits per heavy atom. The molecule has 0 aliphatic heterocycles. The van der Waals surface area contributed by atoms with Crippen LogP contribution in [-0.2, 0) is 26.8 Å². The van der Waals surface area contributed by atoms with Crippen LogP contribution in [0.2, 0.25) is 5.02 Å². The number of anilines is 1. The maximum absolute atomic E-state index is 11.1. The summed E-state index contributed by atoms with van der Waals surface area (Å²) in [5.41, 5.74) is 0.465. The standard InChI is InChI=1S/C18H18ClN7O6S2/c1-4-7-26-17(21-3)16(20-2)22-18(26)24-23-15-6-5-13(12-14(15)19)25(8-10-33(27,28)29)9-11-34(30,31)32/h4-6,12H,1,7-11H2,(H,27,28,29)(H,30,31,32). The first kappa shape index (κ1) is 26.9. The van der Waals surface area contributed by atoms with Crippen molar-refractivity contribution < 1.29 is 25.9 Å². The maximum atomic E-state index is 11.1. The van der Waals surface area contributed by atoms with E-state index in [1.807, 2.05) is 0 Å². The molecule has 13 nitrogen and oxygen atoms in total. The van der Waals surface area contributed by atoms with Gasteiger partial charge in [0, 0.05) is 18.8 Å². The van der Waals surface area contributed by atoms with Gasteiger partial charge in [0.1, 0.15) is 5.69 Å². The number of aromatic nitrogens is 2. The van der Waals surface area contributed by atoms with Crippen molar-refractivity contribution in [3.8, 4) is 0 Å². The van der Waals surface area contributed by atoms with Gasteiger partial charge in [-0.3, -0.25) is 9.11 Å². The minimum Gasteiger partial charge on any atom is -0.373 e. The number of hydrogen-bond acceptors (Lipinski definition) is 8. The summed E-state index contributed by atoms with van der Waals surface area (Å²) in [6, 6.07) is 4.25. The Balaban J connectivity index is 2.36. The number of benzene rings is 1. The highest BCUT2D eigenvalue weighted by Crippen LogP contribution is 2.35. The molecule has 0 atom stereocenters. The van der Waals surface area contributed by atoms with E-state index in [1.54, 1.807) is 0 Å². The number of azo groups is 1. The average Bonchev–Trinajstić information content (AvgIpc) is 3.08. The molecule has 0 amide bonds. The first-order chi connectivity index (χ1) is 15.9. The molecule has 0 unspecified atom stereocenters. The fraction of sp³-hybridized carbons (Fsp3) is 0.278. The zero-order valence-corrected chi connectivity index (χ0v) is 19.8. The van der Waals surface area contributed by atoms with Crippen molar-refractivity contribution in [2.75, 3.05) is 29.5 Å². The average molecular weight is 528 g/mol. The van der Waals surface area contributed by atoms with E-state index < -0.39 is 31.7 Å². The van der Waals surface area contributed by atoms with E-state index in [4.69, 9.17) is 33.9 Å². The van der Waals surface area contributed by atoms with Crippen molar-refractivity contribution in [1.29, 1.82) is 0 Å². The molecule has 34 heavy (non-hydrogen) atoms. The lowest BCUT2D eigenvalue weighted by Crippen LogP contribution is -2.33. The number of imidazole rings is 1. The van der Waals surface area contributed by atoms with Crippen LogP contribution in [0.5, 0.6) is 0 Å². The number of halogens is 1. The molecule has 0 aliphatic carbocycles. The Bertz CT molecular complexity index is 1370. The van der Waals surface area contributed by atoms with Gasteiger partial charge in [0.05, 0.1) is 23.1 Å². The number of hydrogen-bond donors (Lipinski definition) is 2. The second-order valence-corrected chi connectivity index (χ2v) is 10.1. The Morgan fingerprint density at radius 3 is 2.21 bits per heavy atom. The van der Waals surface area contributed by atoms with E-state index in [-0.39, 0.29) is 47.9 Å². The van der Waals surface area contributed by atoms with Crippen LogP contribution in [-0.4, -0.2) is 60.1 Å². The first-order valence-electron chi connectivity index (χ1n) is 9.21. The third kappa shape index (κ3) is 7.62. The van der Waals surface area contributed by atoms with Crippen LogP contribution < -0.4 is 4.90 Å². The smallest absolute Gasteiger partial charge is 0.373 e. The highest BCUT2D eigenvalue weighted by molar-refractivity contribution is 7.86. The Labute approximate surface area is 201 Å². The van der Waals surface area contributed by atoms with Crippen molar-refractivity contribution in [3.63, 3.8) is 0 Å². The largest absolute Gasteiger partial charge is 0.417 e. The van der Waals surface area contributed by atoms with Crippen LogP contribution >= 0.6 is 11.6 Å². The summed E-state index contributed by atoms with van der Waals surface area (Å²) in [6.45, 7) is 17.6. The Morgan fingerprint density at radius 2 is 1.74 bits per heavy atom. The van der Waals surface area contributed by atoms with Crippen molar-refractivity contribution in [1.82, 2.24) is 9.55 Å². The summed E-state index contributed by atoms with van der Waals surface area (Å²) in [5.74, 6) is -1.54. The summed E-state index contributed by atoms with van der Waals surface area (Å²) < 4.78 is 63.8. The van der Waals surface area contributed by atoms with E-state index in [1.165, 1.54) is 33.7 Å². The molecule has 0 fully saturated rings. The maximum Gasteiger partial charge on any atom is 0.417 e. The topological polar surface area (TPSA) is 163 Å². The van der Waals surface area contributed by atoms with Crippen molar-refractivity contribution in [2.45, 2.75) is 6.54 Å². The Kier molecular flexibility index (Phi) is 8.86. The van der Waals surface area contributed by atoms with Gasteiger partial charge < -0.3 is 14.6 Å². The van der Waals surface area contributed by atoms with Gasteiger partial charge in [-0.05, 0) is 18.2 Å². The van der Waals surface area contributed by atoms with Crippen LogP contribution in [0.3, 0.4) is 0 Å². The van der Waals surface area contributed by atoms with E-state index in [2.05, 4.69) is 31.5 Å². The first-order valence-corrected chi connectivity index (χ1v) is 12.8. The molecule has 2 rings (SSSR count). The van der Waals surface area contributed by atoms with Crippen molar-refractivity contribution in [2.24, 2.45) is 10.2 Å². The molecule has 180 valence electrons. The summed E-state index contributed by atoms with van der Waals surface area (Å²) >= 11 is 6.26. The lowest BCUT2D eigenvalue weighted by atomic mass is 10.2. The van der Waals surface area contributed by atoms with Gasteiger partial charge in [-0.25, -0.2) is 4.57 Å². The summed E-state index contributed by atoms with van der Waals surface area (Å²) in [5, 5.41) is 8.01. The molecule has 0 bridgehead atoms. The lowest BCUT2D eigenvalue weighted by Gasteiger charge is -2.24. The van der Waals surface area contributed by atoms with Gasteiger partial charge in [-0.1, -0.05) is 47.5 Å². The van der Waals surface area contributed by atoms with Crippen LogP contribution in [0, 0.1) is 13.1 Å². The molecule has 16 heteroatoms. The van der Waals surface area contributed by atoms with Crippen LogP contribution in [0.4, 0.5) is 29.0 Å². The van der Waals surface area contributed by atoms with E-state index in [9.17, 15) is 16.8 Å². The van der Waals surface area contributed by atoms with Gasteiger partial charge in [0.25, 0.3) is 31.9 Å². The molecule has 1 heterocycles. The zero-order chi connectivity index (χ0) is 25.5. The molecule has 0 aliphatic rings. The van der Waals surface area contributed by atoms with Gasteiger partial charge in [-0.15, -0.1) is 5.11 Å². The molecular formula is C18H18ClN7O6S2. The van der Waals surface area contributed by atoms with Crippen LogP contribution in [0.1, 0.15) is 0 Å². The third-order valence-corrected chi connectivity index (χ3v) is 5.91. The van der Waals surface area contributed by atoms with Gasteiger partial charge in [0.15, 0.2) is 0 Å². The second kappa shape index (κ2) is 11.2. The SMILES string of the molecule is [C-]#[N+]c1nc(N=Nc2ccc(N(CCS(=O)(=O)O)CCS(=O)(=O)O)cc2Cl)n(CC=C)c1[N+]#[C-]. The molecule has 0 saturated carbocycles. The van der Waals surface area contributed by atoms with Crippen LogP contribution in [0.15, 0.2) is 41.1 Å². The fourth-order valence-corrected chi connectivity index (χ4v) is 3.79. The molecular weight excluding hydrogens is 510 g/mol. The molecule has 0 spiro atoms. The molecule has 2 aromatic rings. The summed E-state index contributed by atoms with van der Waals surface area (Å²) in [6.07, 6.45) is 1.50. The van der Waals surface area contributed by atoms with Crippen LogP contribution in [0.25, 0.3) is 9.69 Å². The van der Waals surface area contributed by atoms with Crippen molar-refractivity contribution >= 4 is 60.8 Å². The second-order valence-electron chi connectivity index (χ2n) is 6.58. The predicted octanol–water partition coefficient (Wildman–Crippen LogP) is 3.82. The van der Waals surface area contributed by atoms with Crippen molar-refractivity contribution in [3.05, 3.63) is 58.7 Å². The normalized spacial score (nSPS) is 11.8. The minimum absolute atomic E-state index is 0.0139. The minimum atomic E-state index is -4.33. The quantitative estimate of drug-likeness (QED) is 0.193. The van der Waals surface area contributed by atoms with Gasteiger partial charge in [-0.2, -0.15) is 16.8 Å². The summed E-state index contributed by atoms with van der Waals surface area (Å²) in [7, 11) is -8.66. The number of nitrogens with zero attached hydrogens (tertiary/aromatic N) is 7. The number of allylic oxidation sites excluding steroid dienone is 1. The molecule has 1 aromatic heterocycles. The molecule has 2 N–H and O–H groups in total. The predicted molar refractivity (Wildman–Crippen MR) is 126 cm³/mol.